The van der Waals surface area contributed by atoms with Gasteiger partial charge in [0.05, 0.1) is 11.7 Å². The van der Waals surface area contributed by atoms with Crippen LogP contribution in [-0.4, -0.2) is 49.3 Å². The smallest absolute Gasteiger partial charge is 0.254 e. The SMILES string of the molecule is Cc1nc2cnccc2n1-c1ccc(C(=O)N(C)[C@@H](CC(C)C)C(=O)Nc2ccccn2)cc1. The predicted octanol–water partition coefficient (Wildman–Crippen LogP) is 4.25. The third-order valence-electron chi connectivity index (χ3n) is 5.70. The van der Waals surface area contributed by atoms with E-state index in [1.807, 2.05) is 43.5 Å². The summed E-state index contributed by atoms with van der Waals surface area (Å²) in [7, 11) is 1.67. The second-order valence-electron chi connectivity index (χ2n) is 8.67. The Labute approximate surface area is 198 Å². The molecule has 0 aliphatic carbocycles. The van der Waals surface area contributed by atoms with Gasteiger partial charge in [-0.1, -0.05) is 19.9 Å². The number of hydrogen-bond acceptors (Lipinski definition) is 5. The minimum Gasteiger partial charge on any atom is -0.330 e. The molecule has 174 valence electrons. The summed E-state index contributed by atoms with van der Waals surface area (Å²) in [6.45, 7) is 5.99. The normalized spacial score (nSPS) is 12.0. The Morgan fingerprint density at radius 2 is 1.82 bits per heavy atom. The van der Waals surface area contributed by atoms with E-state index in [0.29, 0.717) is 17.8 Å². The molecule has 0 aliphatic rings. The average molecular weight is 457 g/mol. The highest BCUT2D eigenvalue weighted by Gasteiger charge is 2.28. The van der Waals surface area contributed by atoms with Crippen molar-refractivity contribution in [3.8, 4) is 5.69 Å². The number of amides is 2. The number of nitrogens with one attached hydrogen (secondary N) is 1. The molecule has 34 heavy (non-hydrogen) atoms. The van der Waals surface area contributed by atoms with Gasteiger partial charge in [-0.25, -0.2) is 9.97 Å². The lowest BCUT2D eigenvalue weighted by molar-refractivity contribution is -0.120. The first kappa shape index (κ1) is 23.1. The van der Waals surface area contributed by atoms with E-state index in [0.717, 1.165) is 22.5 Å². The Morgan fingerprint density at radius 1 is 1.06 bits per heavy atom. The van der Waals surface area contributed by atoms with Crippen LogP contribution in [0.4, 0.5) is 5.82 Å². The van der Waals surface area contributed by atoms with Crippen LogP contribution in [0, 0.1) is 12.8 Å². The van der Waals surface area contributed by atoms with Crippen molar-refractivity contribution >= 4 is 28.7 Å². The summed E-state index contributed by atoms with van der Waals surface area (Å²) >= 11 is 0. The highest BCUT2D eigenvalue weighted by atomic mass is 16.2. The van der Waals surface area contributed by atoms with Gasteiger partial charge in [-0.15, -0.1) is 0 Å². The molecule has 0 radical (unpaired) electrons. The summed E-state index contributed by atoms with van der Waals surface area (Å²) in [5.74, 6) is 1.05. The fourth-order valence-corrected chi connectivity index (χ4v) is 4.01. The van der Waals surface area contributed by atoms with Crippen molar-refractivity contribution in [3.63, 3.8) is 0 Å². The van der Waals surface area contributed by atoms with Crippen LogP contribution < -0.4 is 5.32 Å². The molecule has 1 N–H and O–H groups in total. The van der Waals surface area contributed by atoms with Gasteiger partial charge in [0.1, 0.15) is 23.2 Å². The van der Waals surface area contributed by atoms with Crippen LogP contribution in [0.1, 0.15) is 36.5 Å². The molecule has 0 bridgehead atoms. The number of imidazole rings is 1. The van der Waals surface area contributed by atoms with Gasteiger partial charge < -0.3 is 10.2 Å². The molecule has 0 spiro atoms. The van der Waals surface area contributed by atoms with Gasteiger partial charge >= 0.3 is 0 Å². The Balaban J connectivity index is 1.56. The summed E-state index contributed by atoms with van der Waals surface area (Å²) in [5, 5.41) is 2.83. The number of nitrogens with zero attached hydrogens (tertiary/aromatic N) is 5. The Hall–Kier alpha value is -4.07. The summed E-state index contributed by atoms with van der Waals surface area (Å²) in [6, 6.07) is 13.9. The second kappa shape index (κ2) is 9.82. The van der Waals surface area contributed by atoms with Crippen LogP contribution in [0.15, 0.2) is 67.1 Å². The number of fused-ring (bicyclic) bond motifs is 1. The van der Waals surface area contributed by atoms with Crippen molar-refractivity contribution in [3.05, 3.63) is 78.5 Å². The third-order valence-corrected chi connectivity index (χ3v) is 5.70. The first-order chi connectivity index (χ1) is 16.3. The van der Waals surface area contributed by atoms with Crippen LogP contribution in [0.5, 0.6) is 0 Å². The molecule has 8 heteroatoms. The highest BCUT2D eigenvalue weighted by Crippen LogP contribution is 2.22. The number of aryl methyl sites for hydroxylation is 1. The summed E-state index contributed by atoms with van der Waals surface area (Å²) in [4.78, 5) is 40.7. The van der Waals surface area contributed by atoms with Crippen molar-refractivity contribution in [2.24, 2.45) is 5.92 Å². The topological polar surface area (TPSA) is 93.0 Å². The molecular weight excluding hydrogens is 428 g/mol. The molecule has 0 aliphatic heterocycles. The fraction of sp³-hybridized carbons (Fsp3) is 0.269. The molecule has 0 unspecified atom stereocenters. The lowest BCUT2D eigenvalue weighted by atomic mass is 10.0. The monoisotopic (exact) mass is 456 g/mol. The summed E-state index contributed by atoms with van der Waals surface area (Å²) in [5.41, 5.74) is 3.17. The van der Waals surface area contributed by atoms with Crippen LogP contribution >= 0.6 is 0 Å². The summed E-state index contributed by atoms with van der Waals surface area (Å²) in [6.07, 6.45) is 5.62. The van der Waals surface area contributed by atoms with Crippen LogP contribution in [0.2, 0.25) is 0 Å². The first-order valence-electron chi connectivity index (χ1n) is 11.2. The van der Waals surface area contributed by atoms with E-state index in [4.69, 9.17) is 0 Å². The van der Waals surface area contributed by atoms with E-state index in [2.05, 4.69) is 20.3 Å². The number of rotatable bonds is 7. The fourth-order valence-electron chi connectivity index (χ4n) is 4.01. The molecule has 2 amide bonds. The van der Waals surface area contributed by atoms with E-state index in [1.165, 1.54) is 4.90 Å². The van der Waals surface area contributed by atoms with Crippen LogP contribution in [0.25, 0.3) is 16.7 Å². The number of pyridine rings is 2. The van der Waals surface area contributed by atoms with Crippen molar-refractivity contribution in [1.29, 1.82) is 0 Å². The molecule has 0 fully saturated rings. The van der Waals surface area contributed by atoms with Crippen LogP contribution in [-0.2, 0) is 4.79 Å². The van der Waals surface area contributed by atoms with Crippen molar-refractivity contribution in [1.82, 2.24) is 24.4 Å². The van der Waals surface area contributed by atoms with Crippen molar-refractivity contribution in [2.75, 3.05) is 12.4 Å². The maximum absolute atomic E-state index is 13.3. The lowest BCUT2D eigenvalue weighted by Crippen LogP contribution is -2.46. The minimum atomic E-state index is -0.624. The van der Waals surface area contributed by atoms with Gasteiger partial charge in [0.15, 0.2) is 0 Å². The maximum atomic E-state index is 13.3. The average Bonchev–Trinajstić information content (AvgIpc) is 3.18. The predicted molar refractivity (Wildman–Crippen MR) is 132 cm³/mol. The van der Waals surface area contributed by atoms with Crippen LogP contribution in [0.3, 0.4) is 0 Å². The zero-order valence-corrected chi connectivity index (χ0v) is 19.8. The largest absolute Gasteiger partial charge is 0.330 e. The number of likely N-dealkylation sites (N-methyl/N-ethyl adjacent to an activating group) is 1. The van der Waals surface area contributed by atoms with Crippen molar-refractivity contribution in [2.45, 2.75) is 33.2 Å². The first-order valence-corrected chi connectivity index (χ1v) is 11.2. The number of carbonyl (C=O) groups is 2. The molecule has 8 nitrogen and oxygen atoms in total. The number of carbonyl (C=O) groups excluding carboxylic acids is 2. The standard InChI is InChI=1S/C26H28N6O2/c1-17(2)15-23(25(33)30-24-7-5-6-13-28-24)31(4)26(34)19-8-10-20(11-9-19)32-18(3)29-21-16-27-14-12-22(21)32/h5-14,16-17,23H,15H2,1-4H3,(H,28,30,33)/t23-/m0/s1. The lowest BCUT2D eigenvalue weighted by Gasteiger charge is -2.28. The molecule has 0 saturated carbocycles. The zero-order chi connectivity index (χ0) is 24.2. The number of hydrogen-bond donors (Lipinski definition) is 1. The van der Waals surface area contributed by atoms with Gasteiger partial charge in [-0.3, -0.25) is 19.1 Å². The van der Waals surface area contributed by atoms with Crippen molar-refractivity contribution < 1.29 is 9.59 Å². The van der Waals surface area contributed by atoms with Gasteiger partial charge in [0, 0.05) is 30.7 Å². The molecule has 4 rings (SSSR count). The van der Waals surface area contributed by atoms with E-state index < -0.39 is 6.04 Å². The number of aromatic nitrogens is 4. The minimum absolute atomic E-state index is 0.218. The molecule has 1 atom stereocenters. The Kier molecular flexibility index (Phi) is 6.67. The third kappa shape index (κ3) is 4.80. The summed E-state index contributed by atoms with van der Waals surface area (Å²) < 4.78 is 2.02. The molecule has 3 aromatic heterocycles. The molecule has 4 aromatic rings. The quantitative estimate of drug-likeness (QED) is 0.449. The second-order valence-corrected chi connectivity index (χ2v) is 8.67. The van der Waals surface area contributed by atoms with Gasteiger partial charge in [0.2, 0.25) is 5.91 Å². The Bertz CT molecular complexity index is 1300. The number of anilines is 1. The van der Waals surface area contributed by atoms with Gasteiger partial charge in [-0.2, -0.15) is 0 Å². The van der Waals surface area contributed by atoms with E-state index in [9.17, 15) is 9.59 Å². The maximum Gasteiger partial charge on any atom is 0.254 e. The van der Waals surface area contributed by atoms with Gasteiger partial charge in [-0.05, 0) is 61.7 Å². The van der Waals surface area contributed by atoms with Gasteiger partial charge in [0.25, 0.3) is 5.91 Å². The molecular formula is C26H28N6O2. The Morgan fingerprint density at radius 3 is 2.50 bits per heavy atom. The van der Waals surface area contributed by atoms with E-state index in [-0.39, 0.29) is 17.7 Å². The van der Waals surface area contributed by atoms with E-state index >= 15 is 0 Å². The molecule has 1 aromatic carbocycles. The number of benzene rings is 1. The zero-order valence-electron chi connectivity index (χ0n) is 19.8. The molecule has 3 heterocycles. The highest BCUT2D eigenvalue weighted by molar-refractivity contribution is 6.00. The molecule has 0 saturated heterocycles. The van der Waals surface area contributed by atoms with E-state index in [1.54, 1.807) is 56.0 Å².